The third-order valence-corrected chi connectivity index (χ3v) is 5.68. The van der Waals surface area contributed by atoms with Gasteiger partial charge in [0.2, 0.25) is 0 Å². The Morgan fingerprint density at radius 2 is 2.00 bits per heavy atom. The number of carbonyl (C=O) groups is 1. The summed E-state index contributed by atoms with van der Waals surface area (Å²) in [5.74, 6) is 0.199. The number of carbonyl (C=O) groups excluding carboxylic acids is 1. The van der Waals surface area contributed by atoms with Crippen LogP contribution in [0.25, 0.3) is 21.0 Å². The Hall–Kier alpha value is -2.64. The van der Waals surface area contributed by atoms with Gasteiger partial charge in [0.1, 0.15) is 17.1 Å². The number of aromatic amines is 1. The first-order valence-electron chi connectivity index (χ1n) is 7.93. The average Bonchev–Trinajstić information content (AvgIpc) is 3.14. The van der Waals surface area contributed by atoms with E-state index < -0.39 is 0 Å². The highest BCUT2D eigenvalue weighted by atomic mass is 32.2. The first kappa shape index (κ1) is 16.8. The van der Waals surface area contributed by atoms with E-state index in [9.17, 15) is 9.59 Å². The minimum atomic E-state index is -0.351. The van der Waals surface area contributed by atoms with E-state index in [0.29, 0.717) is 16.0 Å². The van der Waals surface area contributed by atoms with Gasteiger partial charge >= 0.3 is 5.97 Å². The number of rotatable bonds is 5. The molecule has 0 spiro atoms. The zero-order valence-corrected chi connectivity index (χ0v) is 15.2. The molecule has 7 heteroatoms. The minimum absolute atomic E-state index is 0.0435. The van der Waals surface area contributed by atoms with Gasteiger partial charge in [-0.05, 0) is 34.4 Å². The SMILES string of the molecule is O=C(CSc1ccc2ccccc2c1)OCc1nc2ccsc2c(=O)[nH]1. The van der Waals surface area contributed by atoms with Crippen LogP contribution in [0.4, 0.5) is 0 Å². The monoisotopic (exact) mass is 382 g/mol. The van der Waals surface area contributed by atoms with Crippen molar-refractivity contribution in [2.75, 3.05) is 5.75 Å². The maximum atomic E-state index is 12.0. The quantitative estimate of drug-likeness (QED) is 0.418. The van der Waals surface area contributed by atoms with Gasteiger partial charge in [-0.3, -0.25) is 9.59 Å². The van der Waals surface area contributed by atoms with Crippen LogP contribution in [-0.4, -0.2) is 21.7 Å². The summed E-state index contributed by atoms with van der Waals surface area (Å²) < 4.78 is 5.80. The largest absolute Gasteiger partial charge is 0.457 e. The molecule has 0 aliphatic rings. The number of aromatic nitrogens is 2. The van der Waals surface area contributed by atoms with E-state index in [0.717, 1.165) is 10.3 Å². The van der Waals surface area contributed by atoms with Crippen molar-refractivity contribution in [2.24, 2.45) is 0 Å². The molecule has 130 valence electrons. The molecule has 0 aliphatic carbocycles. The number of nitrogens with one attached hydrogen (secondary N) is 1. The fourth-order valence-electron chi connectivity index (χ4n) is 2.58. The van der Waals surface area contributed by atoms with E-state index in [1.54, 1.807) is 6.07 Å². The highest BCUT2D eigenvalue weighted by molar-refractivity contribution is 8.00. The number of thiophene rings is 1. The molecule has 0 fully saturated rings. The molecule has 0 atom stereocenters. The number of fused-ring (bicyclic) bond motifs is 2. The van der Waals surface area contributed by atoms with Crippen molar-refractivity contribution < 1.29 is 9.53 Å². The Balaban J connectivity index is 1.36. The van der Waals surface area contributed by atoms with Gasteiger partial charge in [-0.1, -0.05) is 30.3 Å². The Kier molecular flexibility index (Phi) is 4.73. The number of H-pyrrole nitrogens is 1. The van der Waals surface area contributed by atoms with E-state index in [1.807, 2.05) is 35.7 Å². The minimum Gasteiger partial charge on any atom is -0.457 e. The topological polar surface area (TPSA) is 72.0 Å². The summed E-state index contributed by atoms with van der Waals surface area (Å²) in [5.41, 5.74) is 0.414. The Morgan fingerprint density at radius 1 is 1.15 bits per heavy atom. The van der Waals surface area contributed by atoms with Gasteiger partial charge in [0.05, 0.1) is 11.3 Å². The van der Waals surface area contributed by atoms with Crippen molar-refractivity contribution in [3.63, 3.8) is 0 Å². The molecule has 0 saturated carbocycles. The summed E-state index contributed by atoms with van der Waals surface area (Å²) in [4.78, 5) is 31.8. The summed E-state index contributed by atoms with van der Waals surface area (Å²) in [6.07, 6.45) is 0. The molecule has 0 bridgehead atoms. The van der Waals surface area contributed by atoms with Crippen LogP contribution in [-0.2, 0) is 16.1 Å². The molecule has 2 aromatic carbocycles. The molecule has 0 saturated heterocycles. The summed E-state index contributed by atoms with van der Waals surface area (Å²) in [5, 5.41) is 4.11. The third kappa shape index (κ3) is 3.63. The van der Waals surface area contributed by atoms with Crippen molar-refractivity contribution in [1.82, 2.24) is 9.97 Å². The lowest BCUT2D eigenvalue weighted by molar-refractivity contribution is -0.141. The number of hydrogen-bond donors (Lipinski definition) is 1. The zero-order chi connectivity index (χ0) is 17.9. The second-order valence-corrected chi connectivity index (χ2v) is 7.57. The molecular weight excluding hydrogens is 368 g/mol. The molecule has 26 heavy (non-hydrogen) atoms. The van der Waals surface area contributed by atoms with Crippen molar-refractivity contribution in [2.45, 2.75) is 11.5 Å². The molecule has 5 nitrogen and oxygen atoms in total. The lowest BCUT2D eigenvalue weighted by Crippen LogP contribution is -2.14. The van der Waals surface area contributed by atoms with Crippen LogP contribution >= 0.6 is 23.1 Å². The van der Waals surface area contributed by atoms with Gasteiger partial charge in [-0.2, -0.15) is 0 Å². The number of esters is 1. The van der Waals surface area contributed by atoms with Gasteiger partial charge in [-0.25, -0.2) is 4.98 Å². The van der Waals surface area contributed by atoms with Gasteiger partial charge in [-0.15, -0.1) is 23.1 Å². The van der Waals surface area contributed by atoms with Crippen LogP contribution in [0.3, 0.4) is 0 Å². The molecule has 4 rings (SSSR count). The summed E-state index contributed by atoms with van der Waals surface area (Å²) in [6, 6.07) is 15.9. The highest BCUT2D eigenvalue weighted by Crippen LogP contribution is 2.23. The fraction of sp³-hybridized carbons (Fsp3) is 0.105. The number of nitrogens with zero attached hydrogens (tertiary/aromatic N) is 1. The van der Waals surface area contributed by atoms with Crippen LogP contribution in [0.5, 0.6) is 0 Å². The molecule has 1 N–H and O–H groups in total. The molecular formula is C19H14N2O3S2. The van der Waals surface area contributed by atoms with E-state index in [-0.39, 0.29) is 23.9 Å². The van der Waals surface area contributed by atoms with E-state index in [2.05, 4.69) is 22.1 Å². The van der Waals surface area contributed by atoms with Gasteiger partial charge in [0.25, 0.3) is 5.56 Å². The highest BCUT2D eigenvalue weighted by Gasteiger charge is 2.09. The van der Waals surface area contributed by atoms with Crippen LogP contribution < -0.4 is 5.56 Å². The van der Waals surface area contributed by atoms with Crippen molar-refractivity contribution in [3.05, 3.63) is 70.1 Å². The molecule has 0 unspecified atom stereocenters. The maximum Gasteiger partial charge on any atom is 0.316 e. The first-order chi connectivity index (χ1) is 12.7. The number of ether oxygens (including phenoxy) is 1. The predicted octanol–water partition coefficient (Wildman–Crippen LogP) is 3.97. The normalized spacial score (nSPS) is 11.1. The fourth-order valence-corrected chi connectivity index (χ4v) is 4.05. The zero-order valence-electron chi connectivity index (χ0n) is 13.6. The maximum absolute atomic E-state index is 12.0. The van der Waals surface area contributed by atoms with Crippen LogP contribution in [0.15, 0.2) is 63.6 Å². The van der Waals surface area contributed by atoms with Gasteiger partial charge in [0.15, 0.2) is 0 Å². The van der Waals surface area contributed by atoms with E-state index in [1.165, 1.54) is 28.5 Å². The lowest BCUT2D eigenvalue weighted by Gasteiger charge is -2.05. The molecule has 2 aromatic heterocycles. The number of thioether (sulfide) groups is 1. The van der Waals surface area contributed by atoms with E-state index in [4.69, 9.17) is 4.74 Å². The predicted molar refractivity (Wildman–Crippen MR) is 105 cm³/mol. The van der Waals surface area contributed by atoms with Gasteiger partial charge in [0, 0.05) is 4.90 Å². The molecule has 4 aromatic rings. The second-order valence-electron chi connectivity index (χ2n) is 5.61. The van der Waals surface area contributed by atoms with Crippen LogP contribution in [0, 0.1) is 0 Å². The van der Waals surface area contributed by atoms with Crippen molar-refractivity contribution in [1.29, 1.82) is 0 Å². The lowest BCUT2D eigenvalue weighted by atomic mass is 10.1. The Bertz CT molecular complexity index is 1150. The molecule has 2 heterocycles. The standard InChI is InChI=1S/C19H14N2O3S2/c22-17(11-26-14-6-5-12-3-1-2-4-13(12)9-14)24-10-16-20-15-7-8-25-18(15)19(23)21-16/h1-9H,10-11H2,(H,20,21,23). The molecule has 0 aliphatic heterocycles. The van der Waals surface area contributed by atoms with Crippen LogP contribution in [0.1, 0.15) is 5.82 Å². The smallest absolute Gasteiger partial charge is 0.316 e. The van der Waals surface area contributed by atoms with E-state index >= 15 is 0 Å². The molecule has 0 amide bonds. The average molecular weight is 382 g/mol. The second kappa shape index (κ2) is 7.31. The van der Waals surface area contributed by atoms with Crippen molar-refractivity contribution in [3.8, 4) is 0 Å². The Labute approximate surface area is 157 Å². The number of benzene rings is 2. The summed E-state index contributed by atoms with van der Waals surface area (Å²) >= 11 is 2.76. The van der Waals surface area contributed by atoms with Crippen molar-refractivity contribution >= 4 is 50.1 Å². The Morgan fingerprint density at radius 3 is 2.88 bits per heavy atom. The molecule has 0 radical (unpaired) electrons. The third-order valence-electron chi connectivity index (χ3n) is 3.81. The van der Waals surface area contributed by atoms with Gasteiger partial charge < -0.3 is 9.72 Å². The van der Waals surface area contributed by atoms with Crippen LogP contribution in [0.2, 0.25) is 0 Å². The first-order valence-corrected chi connectivity index (χ1v) is 9.79. The summed E-state index contributed by atoms with van der Waals surface area (Å²) in [7, 11) is 0. The number of hydrogen-bond acceptors (Lipinski definition) is 6. The summed E-state index contributed by atoms with van der Waals surface area (Å²) in [6.45, 7) is -0.0435.